The Morgan fingerprint density at radius 1 is 1.13 bits per heavy atom. The molecule has 2 aromatic carbocycles. The van der Waals surface area contributed by atoms with Gasteiger partial charge in [0.25, 0.3) is 0 Å². The number of ether oxygens (including phenoxy) is 2. The fraction of sp³-hybridized carbons (Fsp3) is 0.0870. The van der Waals surface area contributed by atoms with E-state index < -0.39 is 5.92 Å². The van der Waals surface area contributed by atoms with Crippen LogP contribution in [0.15, 0.2) is 66.2 Å². The summed E-state index contributed by atoms with van der Waals surface area (Å²) in [6, 6.07) is 17.3. The minimum absolute atomic E-state index is 0.0370. The van der Waals surface area contributed by atoms with Crippen LogP contribution < -0.4 is 15.2 Å². The highest BCUT2D eigenvalue weighted by atomic mass is 35.5. The molecular weight excluding hydrogens is 400 g/mol. The number of nitrogens with zero attached hydrogens (tertiary/aromatic N) is 3. The molecule has 1 aliphatic heterocycles. The molecule has 6 nitrogen and oxygen atoms in total. The molecular formula is C23H15ClN4O2. The highest BCUT2D eigenvalue weighted by Gasteiger charge is 2.34. The van der Waals surface area contributed by atoms with E-state index in [2.05, 4.69) is 16.0 Å². The number of hydrogen-bond acceptors (Lipinski definition) is 6. The number of fused-ring (bicyclic) bond motifs is 4. The lowest BCUT2D eigenvalue weighted by Crippen LogP contribution is -2.21. The number of nitriles is 1. The zero-order valence-corrected chi connectivity index (χ0v) is 16.6. The zero-order valence-electron chi connectivity index (χ0n) is 15.9. The van der Waals surface area contributed by atoms with Gasteiger partial charge in [0.05, 0.1) is 18.5 Å². The Labute approximate surface area is 177 Å². The summed E-state index contributed by atoms with van der Waals surface area (Å²) in [5.41, 5.74) is 9.26. The van der Waals surface area contributed by atoms with E-state index in [1.807, 2.05) is 48.5 Å². The molecule has 3 heterocycles. The first-order valence-electron chi connectivity index (χ1n) is 9.20. The van der Waals surface area contributed by atoms with Crippen LogP contribution in [0.5, 0.6) is 11.5 Å². The molecule has 0 spiro atoms. The second-order valence-corrected chi connectivity index (χ2v) is 7.27. The highest BCUT2D eigenvalue weighted by Crippen LogP contribution is 2.46. The summed E-state index contributed by atoms with van der Waals surface area (Å²) in [5.74, 6) is 0.739. The maximum atomic E-state index is 9.85. The van der Waals surface area contributed by atoms with Crippen molar-refractivity contribution < 1.29 is 9.47 Å². The number of pyridine rings is 2. The second-order valence-electron chi connectivity index (χ2n) is 6.91. The molecule has 30 heavy (non-hydrogen) atoms. The van der Waals surface area contributed by atoms with E-state index in [9.17, 15) is 5.26 Å². The molecule has 0 aliphatic carbocycles. The molecule has 2 N–H and O–H groups in total. The van der Waals surface area contributed by atoms with Gasteiger partial charge in [0.15, 0.2) is 5.75 Å². The van der Waals surface area contributed by atoms with Crippen LogP contribution in [0.4, 0.5) is 0 Å². The van der Waals surface area contributed by atoms with Crippen LogP contribution in [-0.4, -0.2) is 17.1 Å². The average molecular weight is 415 g/mol. The number of benzene rings is 2. The monoisotopic (exact) mass is 414 g/mol. The van der Waals surface area contributed by atoms with Gasteiger partial charge in [-0.05, 0) is 30.3 Å². The first-order chi connectivity index (χ1) is 14.6. The van der Waals surface area contributed by atoms with Crippen LogP contribution in [-0.2, 0) is 0 Å². The molecule has 0 radical (unpaired) electrons. The summed E-state index contributed by atoms with van der Waals surface area (Å²) >= 11 is 6.59. The fourth-order valence-electron chi connectivity index (χ4n) is 3.85. The molecule has 7 heteroatoms. The summed E-state index contributed by atoms with van der Waals surface area (Å²) in [6.07, 6.45) is 1.69. The number of aromatic nitrogens is 2. The van der Waals surface area contributed by atoms with E-state index in [4.69, 9.17) is 26.8 Å². The number of rotatable bonds is 2. The smallest absolute Gasteiger partial charge is 0.205 e. The molecule has 146 valence electrons. The normalized spacial score (nSPS) is 15.6. The van der Waals surface area contributed by atoms with E-state index in [-0.39, 0.29) is 11.5 Å². The molecule has 0 saturated carbocycles. The van der Waals surface area contributed by atoms with Crippen molar-refractivity contribution in [1.82, 2.24) is 9.97 Å². The van der Waals surface area contributed by atoms with Crippen LogP contribution in [0.25, 0.3) is 21.8 Å². The molecule has 0 saturated heterocycles. The van der Waals surface area contributed by atoms with Crippen molar-refractivity contribution in [3.05, 3.63) is 82.5 Å². The molecule has 1 aliphatic rings. The molecule has 0 fully saturated rings. The van der Waals surface area contributed by atoms with Crippen LogP contribution in [0, 0.1) is 11.3 Å². The lowest BCUT2D eigenvalue weighted by Gasteiger charge is -2.27. The second kappa shape index (κ2) is 6.90. The van der Waals surface area contributed by atoms with Gasteiger partial charge in [0, 0.05) is 28.1 Å². The summed E-state index contributed by atoms with van der Waals surface area (Å²) in [5, 5.41) is 11.9. The Balaban J connectivity index is 1.80. The van der Waals surface area contributed by atoms with Crippen LogP contribution in [0.1, 0.15) is 17.0 Å². The van der Waals surface area contributed by atoms with Gasteiger partial charge < -0.3 is 15.2 Å². The van der Waals surface area contributed by atoms with Crippen molar-refractivity contribution in [1.29, 1.82) is 5.26 Å². The standard InChI is InChI=1S/C23H15ClN4O2/c1-29-14-5-7-18-13(9-14)10-16(22(24)28-18)19-15-6-4-12-3-2-8-27-20(12)21(15)30-23(26)17(19)11-25/h2-10,19H,26H2,1H3/t19-/m0/s1. The Hall–Kier alpha value is -3.82. The minimum atomic E-state index is -0.527. The molecule has 2 aromatic heterocycles. The maximum absolute atomic E-state index is 9.85. The first-order valence-corrected chi connectivity index (χ1v) is 9.58. The van der Waals surface area contributed by atoms with E-state index >= 15 is 0 Å². The molecule has 1 atom stereocenters. The Kier molecular flexibility index (Phi) is 4.19. The number of halogens is 1. The number of allylic oxidation sites excluding steroid dienone is 1. The predicted molar refractivity (Wildman–Crippen MR) is 114 cm³/mol. The van der Waals surface area contributed by atoms with Gasteiger partial charge in [-0.15, -0.1) is 0 Å². The van der Waals surface area contributed by atoms with Crippen LogP contribution in [0.2, 0.25) is 5.15 Å². The van der Waals surface area contributed by atoms with Crippen LogP contribution >= 0.6 is 11.6 Å². The highest BCUT2D eigenvalue weighted by molar-refractivity contribution is 6.30. The molecule has 0 bridgehead atoms. The predicted octanol–water partition coefficient (Wildman–Crippen LogP) is 4.66. The van der Waals surface area contributed by atoms with Crippen LogP contribution in [0.3, 0.4) is 0 Å². The molecule has 0 amide bonds. The van der Waals surface area contributed by atoms with Gasteiger partial charge in [0.1, 0.15) is 28.1 Å². The summed E-state index contributed by atoms with van der Waals surface area (Å²) in [4.78, 5) is 8.99. The van der Waals surface area contributed by atoms with Gasteiger partial charge in [0.2, 0.25) is 5.88 Å². The van der Waals surface area contributed by atoms with Gasteiger partial charge >= 0.3 is 0 Å². The first kappa shape index (κ1) is 18.2. The minimum Gasteiger partial charge on any atom is -0.497 e. The SMILES string of the molecule is COc1ccc2nc(Cl)c([C@H]3C(C#N)=C(N)Oc4c3ccc3cccnc43)cc2c1. The Bertz CT molecular complexity index is 1410. The summed E-state index contributed by atoms with van der Waals surface area (Å²) < 4.78 is 11.2. The topological polar surface area (TPSA) is 94.0 Å². The molecule has 4 aromatic rings. The largest absolute Gasteiger partial charge is 0.497 e. The lowest BCUT2D eigenvalue weighted by molar-refractivity contribution is 0.397. The zero-order chi connectivity index (χ0) is 20.8. The third-order valence-electron chi connectivity index (χ3n) is 5.27. The third kappa shape index (κ3) is 2.71. The van der Waals surface area contributed by atoms with E-state index in [1.165, 1.54) is 0 Å². The van der Waals surface area contributed by atoms with Gasteiger partial charge in [-0.2, -0.15) is 5.26 Å². The van der Waals surface area contributed by atoms with Crippen molar-refractivity contribution >= 4 is 33.4 Å². The van der Waals surface area contributed by atoms with Crippen molar-refractivity contribution in [2.75, 3.05) is 7.11 Å². The average Bonchev–Trinajstić information content (AvgIpc) is 2.77. The van der Waals surface area contributed by atoms with Crippen molar-refractivity contribution in [2.45, 2.75) is 5.92 Å². The number of hydrogen-bond donors (Lipinski definition) is 1. The Morgan fingerprint density at radius 2 is 2.00 bits per heavy atom. The van der Waals surface area contributed by atoms with Crippen molar-refractivity contribution in [2.24, 2.45) is 5.73 Å². The maximum Gasteiger partial charge on any atom is 0.205 e. The summed E-state index contributed by atoms with van der Waals surface area (Å²) in [7, 11) is 1.61. The molecule has 0 unspecified atom stereocenters. The van der Waals surface area contributed by atoms with E-state index in [0.717, 1.165) is 21.9 Å². The molecule has 5 rings (SSSR count). The lowest BCUT2D eigenvalue weighted by atomic mass is 9.83. The van der Waals surface area contributed by atoms with Crippen molar-refractivity contribution in [3.63, 3.8) is 0 Å². The fourth-order valence-corrected chi connectivity index (χ4v) is 4.11. The van der Waals surface area contributed by atoms with Gasteiger partial charge in [-0.25, -0.2) is 4.98 Å². The Morgan fingerprint density at radius 3 is 2.80 bits per heavy atom. The summed E-state index contributed by atoms with van der Waals surface area (Å²) in [6.45, 7) is 0. The van der Waals surface area contributed by atoms with E-state index in [0.29, 0.717) is 27.7 Å². The van der Waals surface area contributed by atoms with E-state index in [1.54, 1.807) is 13.3 Å². The number of methoxy groups -OCH3 is 1. The van der Waals surface area contributed by atoms with Gasteiger partial charge in [-0.3, -0.25) is 4.98 Å². The van der Waals surface area contributed by atoms with Gasteiger partial charge in [-0.1, -0.05) is 29.8 Å². The number of nitrogens with two attached hydrogens (primary N) is 1. The third-order valence-corrected chi connectivity index (χ3v) is 5.57. The quantitative estimate of drug-likeness (QED) is 0.479. The van der Waals surface area contributed by atoms with Crippen molar-refractivity contribution in [3.8, 4) is 17.6 Å².